The van der Waals surface area contributed by atoms with E-state index in [1.54, 1.807) is 6.07 Å². The monoisotopic (exact) mass is 253 g/mol. The maximum absolute atomic E-state index is 14.0. The highest BCUT2D eigenvalue weighted by Gasteiger charge is 2.11. The van der Waals surface area contributed by atoms with Crippen molar-refractivity contribution < 1.29 is 9.13 Å². The highest BCUT2D eigenvalue weighted by atomic mass is 19.1. The van der Waals surface area contributed by atoms with Crippen molar-refractivity contribution in [3.05, 3.63) is 29.6 Å². The molecule has 0 spiro atoms. The van der Waals surface area contributed by atoms with E-state index in [1.165, 1.54) is 6.07 Å². The summed E-state index contributed by atoms with van der Waals surface area (Å²) in [5.41, 5.74) is 0.694. The molecule has 102 valence electrons. The lowest BCUT2D eigenvalue weighted by atomic mass is 10.1. The standard InChI is InChI=1S/C15H24FNO/c1-5-9-17-12(4)14-8-7-13(10-15(14)16)18-11(3)6-2/h7-8,10-12,17H,5-6,9H2,1-4H3. The minimum atomic E-state index is -0.202. The number of benzene rings is 1. The third-order valence-electron chi connectivity index (χ3n) is 3.05. The maximum atomic E-state index is 14.0. The summed E-state index contributed by atoms with van der Waals surface area (Å²) in [6, 6.07) is 5.16. The summed E-state index contributed by atoms with van der Waals surface area (Å²) in [5.74, 6) is 0.403. The molecule has 0 saturated heterocycles. The van der Waals surface area contributed by atoms with E-state index < -0.39 is 0 Å². The van der Waals surface area contributed by atoms with Crippen molar-refractivity contribution in [1.82, 2.24) is 5.32 Å². The van der Waals surface area contributed by atoms with Gasteiger partial charge in [-0.25, -0.2) is 4.39 Å². The van der Waals surface area contributed by atoms with E-state index >= 15 is 0 Å². The van der Waals surface area contributed by atoms with Gasteiger partial charge in [-0.15, -0.1) is 0 Å². The number of ether oxygens (including phenoxy) is 1. The molecule has 0 heterocycles. The van der Waals surface area contributed by atoms with Crippen LogP contribution in [0.3, 0.4) is 0 Å². The van der Waals surface area contributed by atoms with Gasteiger partial charge in [0.15, 0.2) is 0 Å². The second-order valence-electron chi connectivity index (χ2n) is 4.70. The van der Waals surface area contributed by atoms with Crippen LogP contribution in [0.1, 0.15) is 52.1 Å². The van der Waals surface area contributed by atoms with Crippen LogP contribution >= 0.6 is 0 Å². The molecule has 3 heteroatoms. The Kier molecular flexibility index (Phi) is 6.13. The first-order valence-corrected chi connectivity index (χ1v) is 6.77. The third-order valence-corrected chi connectivity index (χ3v) is 3.05. The Morgan fingerprint density at radius 1 is 1.28 bits per heavy atom. The predicted molar refractivity (Wildman–Crippen MR) is 73.5 cm³/mol. The first kappa shape index (κ1) is 15.0. The highest BCUT2D eigenvalue weighted by molar-refractivity contribution is 5.30. The van der Waals surface area contributed by atoms with Gasteiger partial charge in [0.25, 0.3) is 0 Å². The van der Waals surface area contributed by atoms with E-state index in [4.69, 9.17) is 4.74 Å². The van der Waals surface area contributed by atoms with Gasteiger partial charge in [-0.05, 0) is 39.3 Å². The van der Waals surface area contributed by atoms with Gasteiger partial charge in [-0.3, -0.25) is 0 Å². The average Bonchev–Trinajstić information content (AvgIpc) is 2.36. The largest absolute Gasteiger partial charge is 0.491 e. The molecule has 1 rings (SSSR count). The van der Waals surface area contributed by atoms with Crippen molar-refractivity contribution in [3.8, 4) is 5.75 Å². The van der Waals surface area contributed by atoms with Gasteiger partial charge in [0, 0.05) is 17.7 Å². The molecule has 1 aromatic carbocycles. The van der Waals surface area contributed by atoms with Crippen molar-refractivity contribution >= 4 is 0 Å². The van der Waals surface area contributed by atoms with Gasteiger partial charge in [0.2, 0.25) is 0 Å². The zero-order chi connectivity index (χ0) is 13.5. The fourth-order valence-electron chi connectivity index (χ4n) is 1.72. The molecule has 18 heavy (non-hydrogen) atoms. The lowest BCUT2D eigenvalue weighted by molar-refractivity contribution is 0.216. The Labute approximate surface area is 110 Å². The summed E-state index contributed by atoms with van der Waals surface area (Å²) in [6.45, 7) is 9.00. The van der Waals surface area contributed by atoms with E-state index in [0.717, 1.165) is 19.4 Å². The normalized spacial score (nSPS) is 14.3. The summed E-state index contributed by atoms with van der Waals surface area (Å²) >= 11 is 0. The Balaban J connectivity index is 2.72. The molecule has 0 aliphatic carbocycles. The molecule has 0 saturated carbocycles. The molecule has 0 bridgehead atoms. The van der Waals surface area contributed by atoms with Gasteiger partial charge < -0.3 is 10.1 Å². The highest BCUT2D eigenvalue weighted by Crippen LogP contribution is 2.22. The fraction of sp³-hybridized carbons (Fsp3) is 0.600. The minimum absolute atomic E-state index is 0.0302. The van der Waals surface area contributed by atoms with Crippen LogP contribution in [0.15, 0.2) is 18.2 Å². The number of nitrogens with one attached hydrogen (secondary N) is 1. The summed E-state index contributed by atoms with van der Waals surface area (Å²) in [5, 5.41) is 3.28. The van der Waals surface area contributed by atoms with Crippen LogP contribution in [0.2, 0.25) is 0 Å². The molecule has 2 unspecified atom stereocenters. The average molecular weight is 253 g/mol. The second kappa shape index (κ2) is 7.37. The predicted octanol–water partition coefficient (Wildman–Crippen LogP) is 4.06. The van der Waals surface area contributed by atoms with Crippen LogP contribution in [0.25, 0.3) is 0 Å². The first-order valence-electron chi connectivity index (χ1n) is 6.77. The topological polar surface area (TPSA) is 21.3 Å². The van der Waals surface area contributed by atoms with Gasteiger partial charge in [0.05, 0.1) is 6.10 Å². The van der Waals surface area contributed by atoms with Gasteiger partial charge >= 0.3 is 0 Å². The Hall–Kier alpha value is -1.09. The summed E-state index contributed by atoms with van der Waals surface area (Å²) in [6.07, 6.45) is 2.07. The Morgan fingerprint density at radius 3 is 2.56 bits per heavy atom. The van der Waals surface area contributed by atoms with Crippen molar-refractivity contribution in [2.75, 3.05) is 6.54 Å². The van der Waals surface area contributed by atoms with Crippen LogP contribution in [0, 0.1) is 5.82 Å². The summed E-state index contributed by atoms with van der Waals surface area (Å²) in [4.78, 5) is 0. The molecule has 0 aliphatic heterocycles. The van der Waals surface area contributed by atoms with E-state index in [1.807, 2.05) is 26.8 Å². The molecule has 0 amide bonds. The molecule has 1 N–H and O–H groups in total. The maximum Gasteiger partial charge on any atom is 0.131 e. The number of hydrogen-bond acceptors (Lipinski definition) is 2. The van der Waals surface area contributed by atoms with E-state index in [0.29, 0.717) is 11.3 Å². The molecular formula is C15H24FNO. The molecular weight excluding hydrogens is 229 g/mol. The lowest BCUT2D eigenvalue weighted by Crippen LogP contribution is -2.20. The van der Waals surface area contributed by atoms with Gasteiger partial charge in [0.1, 0.15) is 11.6 Å². The minimum Gasteiger partial charge on any atom is -0.491 e. The third kappa shape index (κ3) is 4.30. The fourth-order valence-corrected chi connectivity index (χ4v) is 1.72. The molecule has 0 aromatic heterocycles. The molecule has 2 atom stereocenters. The van der Waals surface area contributed by atoms with Crippen molar-refractivity contribution in [2.24, 2.45) is 0 Å². The SMILES string of the molecule is CCCNC(C)c1ccc(OC(C)CC)cc1F. The molecule has 0 radical (unpaired) electrons. The summed E-state index contributed by atoms with van der Waals surface area (Å²) in [7, 11) is 0. The first-order chi connectivity index (χ1) is 8.58. The second-order valence-corrected chi connectivity index (χ2v) is 4.70. The lowest BCUT2D eigenvalue weighted by Gasteiger charge is -2.17. The van der Waals surface area contributed by atoms with Crippen LogP contribution in [-0.2, 0) is 0 Å². The van der Waals surface area contributed by atoms with Crippen molar-refractivity contribution in [1.29, 1.82) is 0 Å². The van der Waals surface area contributed by atoms with E-state index in [-0.39, 0.29) is 18.0 Å². The summed E-state index contributed by atoms with van der Waals surface area (Å²) < 4.78 is 19.6. The van der Waals surface area contributed by atoms with Crippen molar-refractivity contribution in [3.63, 3.8) is 0 Å². The quantitative estimate of drug-likeness (QED) is 0.791. The zero-order valence-electron chi connectivity index (χ0n) is 11.8. The number of rotatable bonds is 7. The zero-order valence-corrected chi connectivity index (χ0v) is 11.8. The van der Waals surface area contributed by atoms with Crippen LogP contribution in [-0.4, -0.2) is 12.6 Å². The van der Waals surface area contributed by atoms with Crippen LogP contribution < -0.4 is 10.1 Å². The molecule has 2 nitrogen and oxygen atoms in total. The molecule has 1 aromatic rings. The number of hydrogen-bond donors (Lipinski definition) is 1. The van der Waals surface area contributed by atoms with E-state index in [9.17, 15) is 4.39 Å². The molecule has 0 fully saturated rings. The van der Waals surface area contributed by atoms with Gasteiger partial charge in [-0.2, -0.15) is 0 Å². The van der Waals surface area contributed by atoms with E-state index in [2.05, 4.69) is 12.2 Å². The number of halogens is 1. The Morgan fingerprint density at radius 2 is 2.00 bits per heavy atom. The van der Waals surface area contributed by atoms with Crippen LogP contribution in [0.5, 0.6) is 5.75 Å². The smallest absolute Gasteiger partial charge is 0.131 e. The van der Waals surface area contributed by atoms with Crippen molar-refractivity contribution in [2.45, 2.75) is 52.7 Å². The van der Waals surface area contributed by atoms with Gasteiger partial charge in [-0.1, -0.05) is 19.9 Å². The molecule has 0 aliphatic rings. The van der Waals surface area contributed by atoms with Crippen LogP contribution in [0.4, 0.5) is 4.39 Å². The Bertz CT molecular complexity index is 368.